The van der Waals surface area contributed by atoms with Crippen molar-refractivity contribution in [3.05, 3.63) is 27.9 Å². The summed E-state index contributed by atoms with van der Waals surface area (Å²) in [5.74, 6) is -0.460. The zero-order valence-electron chi connectivity index (χ0n) is 9.69. The first kappa shape index (κ1) is 13.1. The third-order valence-corrected chi connectivity index (χ3v) is 4.21. The minimum absolute atomic E-state index is 0.0913. The molecular formula is C11H14BrN3O3. The Morgan fingerprint density at radius 3 is 2.78 bits per heavy atom. The molecule has 2 N–H and O–H groups in total. The number of carbonyl (C=O) groups is 1. The molecule has 7 heteroatoms. The Morgan fingerprint density at radius 2 is 2.17 bits per heavy atom. The summed E-state index contributed by atoms with van der Waals surface area (Å²) in [5, 5.41) is 13.4. The van der Waals surface area contributed by atoms with E-state index in [0.717, 1.165) is 25.7 Å². The molecule has 0 aromatic carbocycles. The summed E-state index contributed by atoms with van der Waals surface area (Å²) in [4.78, 5) is 24.6. The van der Waals surface area contributed by atoms with Crippen LogP contribution in [0.1, 0.15) is 36.2 Å². The molecule has 0 aliphatic heterocycles. The number of nitrogens with zero attached hydrogens (tertiary/aromatic N) is 1. The van der Waals surface area contributed by atoms with Crippen molar-refractivity contribution in [2.24, 2.45) is 0 Å². The molecule has 98 valence electrons. The standard InChI is InChI=1S/C11H14BrN3O3/c12-7-3-1-2-4-8(7)14-11(16)9-5-6-10(13-9)15(17)18/h5-8,13H,1-4H2,(H,14,16). The zero-order chi connectivity index (χ0) is 13.1. The van der Waals surface area contributed by atoms with Crippen molar-refractivity contribution in [1.29, 1.82) is 0 Å². The minimum atomic E-state index is -0.551. The number of aromatic nitrogens is 1. The second-order valence-corrected chi connectivity index (χ2v) is 5.57. The molecule has 2 unspecified atom stereocenters. The van der Waals surface area contributed by atoms with E-state index in [1.54, 1.807) is 0 Å². The lowest BCUT2D eigenvalue weighted by Crippen LogP contribution is -2.42. The van der Waals surface area contributed by atoms with Crippen LogP contribution < -0.4 is 5.32 Å². The van der Waals surface area contributed by atoms with Gasteiger partial charge >= 0.3 is 5.82 Å². The molecule has 1 amide bonds. The lowest BCUT2D eigenvalue weighted by atomic mass is 9.95. The van der Waals surface area contributed by atoms with Gasteiger partial charge in [0.15, 0.2) is 5.69 Å². The number of hydrogen-bond acceptors (Lipinski definition) is 3. The largest absolute Gasteiger partial charge is 0.358 e. The number of amides is 1. The third kappa shape index (κ3) is 2.90. The number of carbonyl (C=O) groups excluding carboxylic acids is 1. The molecule has 1 aromatic rings. The highest BCUT2D eigenvalue weighted by Gasteiger charge is 2.26. The number of nitro groups is 1. The highest BCUT2D eigenvalue weighted by Crippen LogP contribution is 2.24. The van der Waals surface area contributed by atoms with Gasteiger partial charge in [-0.2, -0.15) is 0 Å². The lowest BCUT2D eigenvalue weighted by Gasteiger charge is -2.27. The van der Waals surface area contributed by atoms with Crippen LogP contribution in [0.15, 0.2) is 12.1 Å². The Labute approximate surface area is 112 Å². The van der Waals surface area contributed by atoms with Crippen LogP contribution in [0.2, 0.25) is 0 Å². The van der Waals surface area contributed by atoms with Crippen molar-refractivity contribution in [2.45, 2.75) is 36.6 Å². The Hall–Kier alpha value is -1.37. The average Bonchev–Trinajstić information content (AvgIpc) is 2.81. The molecule has 1 heterocycles. The molecule has 0 bridgehead atoms. The van der Waals surface area contributed by atoms with E-state index < -0.39 is 4.92 Å². The predicted molar refractivity (Wildman–Crippen MR) is 69.9 cm³/mol. The first-order valence-corrected chi connectivity index (χ1v) is 6.78. The van der Waals surface area contributed by atoms with Crippen molar-refractivity contribution in [2.75, 3.05) is 0 Å². The van der Waals surface area contributed by atoms with E-state index in [9.17, 15) is 14.9 Å². The summed E-state index contributed by atoms with van der Waals surface area (Å²) >= 11 is 3.55. The summed E-state index contributed by atoms with van der Waals surface area (Å²) in [5.41, 5.74) is 0.229. The summed E-state index contributed by atoms with van der Waals surface area (Å²) in [6, 6.07) is 2.81. The van der Waals surface area contributed by atoms with Crippen LogP contribution in [-0.4, -0.2) is 26.7 Å². The quantitative estimate of drug-likeness (QED) is 0.510. The molecule has 18 heavy (non-hydrogen) atoms. The normalized spacial score (nSPS) is 23.6. The van der Waals surface area contributed by atoms with Crippen LogP contribution in [0.25, 0.3) is 0 Å². The van der Waals surface area contributed by atoms with Crippen molar-refractivity contribution >= 4 is 27.7 Å². The maximum Gasteiger partial charge on any atom is 0.321 e. The Kier molecular flexibility index (Phi) is 4.00. The van der Waals surface area contributed by atoms with E-state index in [2.05, 4.69) is 26.2 Å². The molecule has 2 atom stereocenters. The topological polar surface area (TPSA) is 88.0 Å². The van der Waals surface area contributed by atoms with Gasteiger partial charge < -0.3 is 15.4 Å². The van der Waals surface area contributed by atoms with E-state index >= 15 is 0 Å². The number of nitrogens with one attached hydrogen (secondary N) is 2. The van der Waals surface area contributed by atoms with Crippen molar-refractivity contribution in [1.82, 2.24) is 10.3 Å². The Morgan fingerprint density at radius 1 is 1.44 bits per heavy atom. The SMILES string of the molecule is O=C(NC1CCCCC1Br)c1ccc([N+](=O)[O-])[nH]1. The van der Waals surface area contributed by atoms with Crippen molar-refractivity contribution < 1.29 is 9.72 Å². The summed E-state index contributed by atoms with van der Waals surface area (Å²) in [6.45, 7) is 0. The van der Waals surface area contributed by atoms with Crippen molar-refractivity contribution in [3.63, 3.8) is 0 Å². The van der Waals surface area contributed by atoms with Gasteiger partial charge in [-0.15, -0.1) is 0 Å². The van der Waals surface area contributed by atoms with E-state index in [1.165, 1.54) is 12.1 Å². The van der Waals surface area contributed by atoms with Crippen LogP contribution in [0.4, 0.5) is 5.82 Å². The van der Waals surface area contributed by atoms with Gasteiger partial charge in [-0.25, -0.2) is 4.98 Å². The van der Waals surface area contributed by atoms with Crippen molar-refractivity contribution in [3.8, 4) is 0 Å². The van der Waals surface area contributed by atoms with E-state index in [0.29, 0.717) is 0 Å². The van der Waals surface area contributed by atoms with Gasteiger partial charge in [-0.05, 0) is 23.8 Å². The maximum absolute atomic E-state index is 11.9. The molecule has 0 radical (unpaired) electrons. The van der Waals surface area contributed by atoms with Gasteiger partial charge in [0, 0.05) is 16.9 Å². The minimum Gasteiger partial charge on any atom is -0.358 e. The van der Waals surface area contributed by atoms with Gasteiger partial charge in [0.05, 0.1) is 0 Å². The molecule has 1 aromatic heterocycles. The predicted octanol–water partition coefficient (Wildman–Crippen LogP) is 2.36. The van der Waals surface area contributed by atoms with Gasteiger partial charge in [-0.1, -0.05) is 28.8 Å². The second kappa shape index (κ2) is 5.51. The highest BCUT2D eigenvalue weighted by molar-refractivity contribution is 9.09. The first-order chi connectivity index (χ1) is 8.58. The van der Waals surface area contributed by atoms with E-state index in [4.69, 9.17) is 0 Å². The molecule has 6 nitrogen and oxygen atoms in total. The van der Waals surface area contributed by atoms with Crippen LogP contribution in [-0.2, 0) is 0 Å². The van der Waals surface area contributed by atoms with E-state index in [-0.39, 0.29) is 28.3 Å². The fraction of sp³-hybridized carbons (Fsp3) is 0.545. The third-order valence-electron chi connectivity index (χ3n) is 3.11. The second-order valence-electron chi connectivity index (χ2n) is 4.39. The molecule has 0 spiro atoms. The molecule has 1 aliphatic rings. The number of H-pyrrole nitrogens is 1. The van der Waals surface area contributed by atoms with Crippen LogP contribution >= 0.6 is 15.9 Å². The molecule has 2 rings (SSSR count). The molecule has 1 fully saturated rings. The summed E-state index contributed by atoms with van der Waals surface area (Å²) < 4.78 is 0. The monoisotopic (exact) mass is 315 g/mol. The van der Waals surface area contributed by atoms with Crippen LogP contribution in [0.3, 0.4) is 0 Å². The number of rotatable bonds is 3. The summed E-state index contributed by atoms with van der Waals surface area (Å²) in [7, 11) is 0. The Balaban J connectivity index is 2.00. The van der Waals surface area contributed by atoms with Gasteiger partial charge in [-0.3, -0.25) is 4.79 Å². The number of alkyl halides is 1. The van der Waals surface area contributed by atoms with Gasteiger partial charge in [0.25, 0.3) is 5.91 Å². The highest BCUT2D eigenvalue weighted by atomic mass is 79.9. The smallest absolute Gasteiger partial charge is 0.321 e. The van der Waals surface area contributed by atoms with E-state index in [1.807, 2.05) is 0 Å². The fourth-order valence-corrected chi connectivity index (χ4v) is 2.84. The van der Waals surface area contributed by atoms with Gasteiger partial charge in [0.1, 0.15) is 0 Å². The molecule has 0 saturated heterocycles. The first-order valence-electron chi connectivity index (χ1n) is 5.86. The number of hydrogen-bond donors (Lipinski definition) is 2. The average molecular weight is 316 g/mol. The Bertz CT molecular complexity index is 460. The fourth-order valence-electron chi connectivity index (χ4n) is 2.12. The lowest BCUT2D eigenvalue weighted by molar-refractivity contribution is -0.389. The zero-order valence-corrected chi connectivity index (χ0v) is 11.3. The molecule has 1 saturated carbocycles. The van der Waals surface area contributed by atoms with Gasteiger partial charge in [0.2, 0.25) is 0 Å². The molecular weight excluding hydrogens is 302 g/mol. The summed E-state index contributed by atoms with van der Waals surface area (Å²) in [6.07, 6.45) is 4.23. The maximum atomic E-state index is 11.9. The number of halogens is 1. The van der Waals surface area contributed by atoms with Crippen LogP contribution in [0, 0.1) is 10.1 Å². The molecule has 1 aliphatic carbocycles. The van der Waals surface area contributed by atoms with Crippen LogP contribution in [0.5, 0.6) is 0 Å². The number of aromatic amines is 1.